The summed E-state index contributed by atoms with van der Waals surface area (Å²) < 4.78 is 39.1. The molecule has 2 N–H and O–H groups in total. The molecule has 2 nitrogen and oxygen atoms in total. The third kappa shape index (κ3) is 3.55. The molecule has 0 saturated carbocycles. The highest BCUT2D eigenvalue weighted by Crippen LogP contribution is 2.34. The molecular weight excluding hydrogens is 341 g/mol. The van der Waals surface area contributed by atoms with Crippen LogP contribution in [-0.4, -0.2) is 4.98 Å². The lowest BCUT2D eigenvalue weighted by Gasteiger charge is -2.03. The average Bonchev–Trinajstić information content (AvgIpc) is 2.72. The van der Waals surface area contributed by atoms with Crippen molar-refractivity contribution < 1.29 is 13.2 Å². The zero-order valence-corrected chi connectivity index (χ0v) is 12.1. The summed E-state index contributed by atoms with van der Waals surface area (Å²) in [6, 6.07) is 7.40. The molecule has 0 spiro atoms. The number of hydrogen-bond acceptors (Lipinski definition) is 3. The predicted octanol–water partition coefficient (Wildman–Crippen LogP) is 3.97. The molecule has 2 rings (SSSR count). The summed E-state index contributed by atoms with van der Waals surface area (Å²) in [4.78, 5) is 3.76. The summed E-state index contributed by atoms with van der Waals surface area (Å²) >= 11 is 4.34. The second kappa shape index (κ2) is 5.60. The molecule has 102 valence electrons. The van der Waals surface area contributed by atoms with Crippen LogP contribution in [-0.2, 0) is 19.1 Å². The van der Waals surface area contributed by atoms with Crippen molar-refractivity contribution in [2.75, 3.05) is 0 Å². The zero-order valence-electron chi connectivity index (χ0n) is 9.67. The van der Waals surface area contributed by atoms with Crippen molar-refractivity contribution in [2.24, 2.45) is 5.73 Å². The van der Waals surface area contributed by atoms with Gasteiger partial charge < -0.3 is 5.73 Å². The van der Waals surface area contributed by atoms with Gasteiger partial charge in [-0.05, 0) is 17.7 Å². The Bertz CT molecular complexity index is 581. The zero-order chi connectivity index (χ0) is 14.0. The van der Waals surface area contributed by atoms with Gasteiger partial charge >= 0.3 is 6.18 Å². The van der Waals surface area contributed by atoms with Crippen LogP contribution in [0.3, 0.4) is 0 Å². The molecule has 0 radical (unpaired) electrons. The van der Waals surface area contributed by atoms with E-state index in [1.165, 1.54) is 0 Å². The second-order valence-electron chi connectivity index (χ2n) is 3.89. The Balaban J connectivity index is 2.29. The minimum absolute atomic E-state index is 0.0810. The quantitative estimate of drug-likeness (QED) is 0.909. The van der Waals surface area contributed by atoms with Gasteiger partial charge in [0.05, 0.1) is 9.88 Å². The molecule has 1 heterocycles. The van der Waals surface area contributed by atoms with E-state index in [0.29, 0.717) is 11.4 Å². The third-order valence-electron chi connectivity index (χ3n) is 2.44. The van der Waals surface area contributed by atoms with Gasteiger partial charge in [0.1, 0.15) is 0 Å². The van der Waals surface area contributed by atoms with Crippen LogP contribution in [0.25, 0.3) is 0 Å². The van der Waals surface area contributed by atoms with Crippen LogP contribution in [0.15, 0.2) is 28.7 Å². The number of thiazole rings is 1. The normalized spacial score (nSPS) is 11.8. The first-order valence-corrected chi connectivity index (χ1v) is 7.01. The van der Waals surface area contributed by atoms with Gasteiger partial charge in [0, 0.05) is 17.4 Å². The maximum absolute atomic E-state index is 12.7. The summed E-state index contributed by atoms with van der Waals surface area (Å²) in [5, 5.41) is 0.422. The Labute approximate surface area is 120 Å². The number of halogens is 4. The maximum Gasteiger partial charge on any atom is 0.434 e. The highest BCUT2D eigenvalue weighted by atomic mass is 79.9. The minimum atomic E-state index is -4.44. The molecule has 0 amide bonds. The largest absolute Gasteiger partial charge is 0.434 e. The molecule has 1 aromatic carbocycles. The summed E-state index contributed by atoms with van der Waals surface area (Å²) in [7, 11) is 0. The molecule has 7 heteroatoms. The Morgan fingerprint density at radius 1 is 1.32 bits per heavy atom. The van der Waals surface area contributed by atoms with Crippen molar-refractivity contribution in [3.8, 4) is 0 Å². The van der Waals surface area contributed by atoms with E-state index < -0.39 is 11.9 Å². The van der Waals surface area contributed by atoms with Crippen LogP contribution in [0.5, 0.6) is 0 Å². The van der Waals surface area contributed by atoms with Crippen molar-refractivity contribution >= 4 is 27.3 Å². The van der Waals surface area contributed by atoms with Crippen LogP contribution in [0.2, 0.25) is 0 Å². The van der Waals surface area contributed by atoms with Gasteiger partial charge in [-0.2, -0.15) is 13.2 Å². The van der Waals surface area contributed by atoms with E-state index in [-0.39, 0.29) is 11.4 Å². The fraction of sp³-hybridized carbons (Fsp3) is 0.250. The average molecular weight is 351 g/mol. The van der Waals surface area contributed by atoms with E-state index in [4.69, 9.17) is 5.73 Å². The fourth-order valence-corrected chi connectivity index (χ4v) is 3.11. The molecule has 0 aliphatic carbocycles. The Morgan fingerprint density at radius 3 is 2.58 bits per heavy atom. The molecule has 0 fully saturated rings. The van der Waals surface area contributed by atoms with Gasteiger partial charge in [0.15, 0.2) is 5.69 Å². The number of nitrogens with two attached hydrogens (primary N) is 1. The van der Waals surface area contributed by atoms with E-state index >= 15 is 0 Å². The summed E-state index contributed by atoms with van der Waals surface area (Å²) in [6.45, 7) is -0.148. The first kappa shape index (κ1) is 14.5. The standard InChI is InChI=1S/C12H10BrF3N2S/c13-8-3-1-2-7(4-8)5-10-18-11(12(14,15)16)9(6-17)19-10/h1-4H,5-6,17H2. The van der Waals surface area contributed by atoms with Crippen LogP contribution < -0.4 is 5.73 Å². The van der Waals surface area contributed by atoms with Crippen LogP contribution in [0.4, 0.5) is 13.2 Å². The van der Waals surface area contributed by atoms with Gasteiger partial charge in [-0.3, -0.25) is 0 Å². The SMILES string of the molecule is NCc1sc(Cc2cccc(Br)c2)nc1C(F)(F)F. The van der Waals surface area contributed by atoms with Crippen molar-refractivity contribution in [1.82, 2.24) is 4.98 Å². The van der Waals surface area contributed by atoms with Crippen molar-refractivity contribution in [2.45, 2.75) is 19.1 Å². The van der Waals surface area contributed by atoms with Crippen molar-refractivity contribution in [1.29, 1.82) is 0 Å². The Kier molecular flexibility index (Phi) is 4.27. The molecule has 0 aliphatic rings. The third-order valence-corrected chi connectivity index (χ3v) is 4.01. The Morgan fingerprint density at radius 2 is 2.05 bits per heavy atom. The molecule has 0 saturated heterocycles. The summed E-state index contributed by atoms with van der Waals surface area (Å²) in [5.41, 5.74) is 5.39. The number of benzene rings is 1. The Hall–Kier alpha value is -0.920. The van der Waals surface area contributed by atoms with Gasteiger partial charge in [-0.25, -0.2) is 4.98 Å². The van der Waals surface area contributed by atoms with E-state index in [1.807, 2.05) is 24.3 Å². The second-order valence-corrected chi connectivity index (χ2v) is 5.97. The first-order valence-electron chi connectivity index (χ1n) is 5.40. The van der Waals surface area contributed by atoms with E-state index in [9.17, 15) is 13.2 Å². The lowest BCUT2D eigenvalue weighted by Crippen LogP contribution is -2.10. The number of aromatic nitrogens is 1. The highest BCUT2D eigenvalue weighted by Gasteiger charge is 2.36. The predicted molar refractivity (Wildman–Crippen MR) is 72.0 cm³/mol. The van der Waals surface area contributed by atoms with Crippen LogP contribution in [0, 0.1) is 0 Å². The maximum atomic E-state index is 12.7. The molecule has 0 unspecified atom stereocenters. The lowest BCUT2D eigenvalue weighted by atomic mass is 10.2. The van der Waals surface area contributed by atoms with Crippen LogP contribution in [0.1, 0.15) is 21.1 Å². The van der Waals surface area contributed by atoms with Crippen molar-refractivity contribution in [3.63, 3.8) is 0 Å². The molecule has 0 atom stereocenters. The number of nitrogens with zero attached hydrogens (tertiary/aromatic N) is 1. The summed E-state index contributed by atoms with van der Waals surface area (Å²) in [5.74, 6) is 0. The fourth-order valence-electron chi connectivity index (χ4n) is 1.66. The highest BCUT2D eigenvalue weighted by molar-refractivity contribution is 9.10. The molecule has 0 bridgehead atoms. The van der Waals surface area contributed by atoms with Crippen LogP contribution >= 0.6 is 27.3 Å². The number of alkyl halides is 3. The van der Waals surface area contributed by atoms with Gasteiger partial charge in [-0.1, -0.05) is 28.1 Å². The van der Waals surface area contributed by atoms with Gasteiger partial charge in [0.2, 0.25) is 0 Å². The first-order chi connectivity index (χ1) is 8.90. The van der Waals surface area contributed by atoms with Gasteiger partial charge in [-0.15, -0.1) is 11.3 Å². The number of hydrogen-bond donors (Lipinski definition) is 1. The smallest absolute Gasteiger partial charge is 0.326 e. The summed E-state index contributed by atoms with van der Waals surface area (Å²) in [6.07, 6.45) is -4.08. The lowest BCUT2D eigenvalue weighted by molar-refractivity contribution is -0.141. The molecular formula is C12H10BrF3N2S. The molecule has 19 heavy (non-hydrogen) atoms. The topological polar surface area (TPSA) is 38.9 Å². The van der Waals surface area contributed by atoms with Crippen molar-refractivity contribution in [3.05, 3.63) is 49.9 Å². The molecule has 1 aromatic heterocycles. The molecule has 0 aliphatic heterocycles. The van der Waals surface area contributed by atoms with E-state index in [0.717, 1.165) is 21.4 Å². The van der Waals surface area contributed by atoms with Gasteiger partial charge in [0.25, 0.3) is 0 Å². The molecule has 2 aromatic rings. The number of rotatable bonds is 3. The van der Waals surface area contributed by atoms with E-state index in [1.54, 1.807) is 0 Å². The minimum Gasteiger partial charge on any atom is -0.326 e. The monoisotopic (exact) mass is 350 g/mol. The van der Waals surface area contributed by atoms with E-state index in [2.05, 4.69) is 20.9 Å².